The second-order valence-electron chi connectivity index (χ2n) is 9.62. The lowest BCUT2D eigenvalue weighted by molar-refractivity contribution is -0.142. The zero-order valence-corrected chi connectivity index (χ0v) is 24.4. The molecule has 0 unspecified atom stereocenters. The van der Waals surface area contributed by atoms with Crippen molar-refractivity contribution in [1.82, 2.24) is 19.5 Å². The van der Waals surface area contributed by atoms with Gasteiger partial charge in [-0.25, -0.2) is 23.7 Å². The van der Waals surface area contributed by atoms with E-state index in [0.29, 0.717) is 39.1 Å². The zero-order chi connectivity index (χ0) is 33.3. The number of rotatable bonds is 8. The van der Waals surface area contributed by atoms with Gasteiger partial charge in [0.2, 0.25) is 5.88 Å². The summed E-state index contributed by atoms with van der Waals surface area (Å²) in [6, 6.07) is 7.12. The highest BCUT2D eigenvalue weighted by Gasteiger charge is 2.36. The molecule has 2 N–H and O–H groups in total. The molecule has 3 aromatic heterocycles. The molecule has 3 heterocycles. The molecule has 0 radical (unpaired) electrons. The maximum Gasteiger partial charge on any atom is 0.431 e. The van der Waals surface area contributed by atoms with Crippen molar-refractivity contribution >= 4 is 34.0 Å². The van der Waals surface area contributed by atoms with Crippen LogP contribution in [0, 0.1) is 18.6 Å². The fourth-order valence-electron chi connectivity index (χ4n) is 4.60. The van der Waals surface area contributed by atoms with Gasteiger partial charge in [-0.05, 0) is 42.8 Å². The fourth-order valence-corrected chi connectivity index (χ4v) is 4.60. The Morgan fingerprint density at radius 2 is 1.57 bits per heavy atom. The van der Waals surface area contributed by atoms with Crippen molar-refractivity contribution in [2.45, 2.75) is 13.1 Å². The Hall–Kier alpha value is -5.80. The predicted molar refractivity (Wildman–Crippen MR) is 156 cm³/mol. The summed E-state index contributed by atoms with van der Waals surface area (Å²) in [5.41, 5.74) is -4.18. The number of benzene rings is 2. The van der Waals surface area contributed by atoms with Gasteiger partial charge in [-0.15, -0.1) is 0 Å². The number of fused-ring (bicyclic) bond motifs is 1. The van der Waals surface area contributed by atoms with E-state index in [4.69, 9.17) is 14.2 Å². The van der Waals surface area contributed by atoms with Crippen LogP contribution in [0.5, 0.6) is 17.4 Å². The molecule has 0 aliphatic carbocycles. The van der Waals surface area contributed by atoms with Crippen LogP contribution in [-0.4, -0.2) is 46.8 Å². The van der Waals surface area contributed by atoms with Crippen molar-refractivity contribution in [1.29, 1.82) is 0 Å². The minimum atomic E-state index is -4.98. The van der Waals surface area contributed by atoms with Crippen LogP contribution >= 0.6 is 0 Å². The molecule has 238 valence electrons. The third kappa shape index (κ3) is 5.96. The van der Waals surface area contributed by atoms with Gasteiger partial charge in [0.1, 0.15) is 29.1 Å². The average molecular weight is 643 g/mol. The summed E-state index contributed by atoms with van der Waals surface area (Å²) in [5.74, 6) is -2.74. The standard InChI is InChI=1S/C30H23F5N6O5/c1-14-7-25(46-4)36-12-21(14)41-24(30(33,34)35)6-5-16(29(41)43)28(42)39-15-8-18(31)26(19(32)9-15)40-27-17-10-22(44-2)23(45-3)11-20(17)37-13-38-27/h5-13H,1-4H3,(H,39,42)(H,37,38,40). The summed E-state index contributed by atoms with van der Waals surface area (Å²) in [6.07, 6.45) is -2.82. The molecule has 0 aliphatic rings. The summed E-state index contributed by atoms with van der Waals surface area (Å²) in [5, 5.41) is 5.08. The minimum Gasteiger partial charge on any atom is -0.493 e. The van der Waals surface area contributed by atoms with Gasteiger partial charge in [-0.1, -0.05) is 0 Å². The molecule has 0 atom stereocenters. The monoisotopic (exact) mass is 642 g/mol. The van der Waals surface area contributed by atoms with Crippen molar-refractivity contribution in [2.24, 2.45) is 0 Å². The molecule has 2 aromatic carbocycles. The van der Waals surface area contributed by atoms with Crippen molar-refractivity contribution in [2.75, 3.05) is 32.0 Å². The van der Waals surface area contributed by atoms with Crippen molar-refractivity contribution in [3.63, 3.8) is 0 Å². The van der Waals surface area contributed by atoms with Crippen LogP contribution in [-0.2, 0) is 6.18 Å². The highest BCUT2D eigenvalue weighted by Crippen LogP contribution is 2.36. The van der Waals surface area contributed by atoms with Crippen LogP contribution in [0.15, 0.2) is 59.8 Å². The SMILES string of the molecule is COc1cc(C)c(-n2c(C(F)(F)F)ccc(C(=O)Nc3cc(F)c(Nc4ncnc5cc(OC)c(OC)cc45)c(F)c3)c2=O)cn1. The summed E-state index contributed by atoms with van der Waals surface area (Å²) in [7, 11) is 4.15. The number of aryl methyl sites for hydroxylation is 1. The molecule has 16 heteroatoms. The second-order valence-corrected chi connectivity index (χ2v) is 9.62. The number of ether oxygens (including phenoxy) is 3. The van der Waals surface area contributed by atoms with Gasteiger partial charge in [0.25, 0.3) is 11.5 Å². The van der Waals surface area contributed by atoms with Gasteiger partial charge >= 0.3 is 6.18 Å². The van der Waals surface area contributed by atoms with Gasteiger partial charge in [-0.2, -0.15) is 13.2 Å². The molecule has 46 heavy (non-hydrogen) atoms. The van der Waals surface area contributed by atoms with E-state index in [1.54, 1.807) is 6.07 Å². The molecule has 5 rings (SSSR count). The van der Waals surface area contributed by atoms with E-state index >= 15 is 8.78 Å². The number of nitrogens with zero attached hydrogens (tertiary/aromatic N) is 4. The Kier molecular flexibility index (Phi) is 8.45. The van der Waals surface area contributed by atoms with Gasteiger partial charge in [0.15, 0.2) is 23.1 Å². The van der Waals surface area contributed by atoms with E-state index in [2.05, 4.69) is 25.6 Å². The van der Waals surface area contributed by atoms with Crippen LogP contribution < -0.4 is 30.4 Å². The van der Waals surface area contributed by atoms with Crippen LogP contribution in [0.2, 0.25) is 0 Å². The number of pyridine rings is 2. The molecular formula is C30H23F5N6O5. The smallest absolute Gasteiger partial charge is 0.431 e. The number of nitrogens with one attached hydrogen (secondary N) is 2. The molecule has 0 fully saturated rings. The Balaban J connectivity index is 1.48. The summed E-state index contributed by atoms with van der Waals surface area (Å²) < 4.78 is 87.9. The number of alkyl halides is 3. The van der Waals surface area contributed by atoms with Gasteiger partial charge in [-0.3, -0.25) is 14.2 Å². The number of carbonyl (C=O) groups excluding carboxylic acids is 1. The lowest BCUT2D eigenvalue weighted by Crippen LogP contribution is -2.33. The first-order chi connectivity index (χ1) is 21.9. The fraction of sp³-hybridized carbons (Fsp3) is 0.167. The number of aromatic nitrogens is 4. The van der Waals surface area contributed by atoms with Crippen molar-refractivity contribution < 1.29 is 41.0 Å². The largest absolute Gasteiger partial charge is 0.493 e. The molecule has 0 saturated carbocycles. The molecule has 0 spiro atoms. The maximum absolute atomic E-state index is 15.2. The average Bonchev–Trinajstić information content (AvgIpc) is 3.01. The van der Waals surface area contributed by atoms with E-state index in [1.807, 2.05) is 0 Å². The molecule has 1 amide bonds. The number of halogens is 5. The first-order valence-electron chi connectivity index (χ1n) is 13.1. The third-order valence-corrected chi connectivity index (χ3v) is 6.81. The minimum absolute atomic E-state index is 0.0224. The van der Waals surface area contributed by atoms with Crippen molar-refractivity contribution in [3.05, 3.63) is 93.8 Å². The van der Waals surface area contributed by atoms with E-state index < -0.39 is 51.9 Å². The van der Waals surface area contributed by atoms with Crippen molar-refractivity contribution in [3.8, 4) is 23.1 Å². The predicted octanol–water partition coefficient (Wildman–Crippen LogP) is 5.80. The van der Waals surface area contributed by atoms with E-state index in [9.17, 15) is 22.8 Å². The third-order valence-electron chi connectivity index (χ3n) is 6.81. The van der Waals surface area contributed by atoms with E-state index in [1.165, 1.54) is 46.7 Å². The number of methoxy groups -OCH3 is 3. The zero-order valence-electron chi connectivity index (χ0n) is 24.4. The Labute approximate surface area is 256 Å². The highest BCUT2D eigenvalue weighted by molar-refractivity contribution is 6.04. The van der Waals surface area contributed by atoms with Crippen LogP contribution in [0.4, 0.5) is 39.1 Å². The van der Waals surface area contributed by atoms with Gasteiger partial charge in [0, 0.05) is 23.2 Å². The quantitative estimate of drug-likeness (QED) is 0.202. The summed E-state index contributed by atoms with van der Waals surface area (Å²) >= 11 is 0. The number of amides is 1. The number of hydrogen-bond donors (Lipinski definition) is 2. The second kappa shape index (κ2) is 12.3. The normalized spacial score (nSPS) is 11.3. The number of carbonyl (C=O) groups is 1. The van der Waals surface area contributed by atoms with Gasteiger partial charge in [0.05, 0.1) is 38.7 Å². The molecule has 0 saturated heterocycles. The molecule has 11 nitrogen and oxygen atoms in total. The maximum atomic E-state index is 15.2. The van der Waals surface area contributed by atoms with E-state index in [-0.39, 0.29) is 22.9 Å². The first-order valence-corrected chi connectivity index (χ1v) is 13.1. The lowest BCUT2D eigenvalue weighted by Gasteiger charge is -2.18. The molecular weight excluding hydrogens is 619 g/mol. The molecule has 0 aliphatic heterocycles. The Morgan fingerprint density at radius 3 is 2.17 bits per heavy atom. The lowest BCUT2D eigenvalue weighted by atomic mass is 10.1. The summed E-state index contributed by atoms with van der Waals surface area (Å²) in [4.78, 5) is 38.5. The number of anilines is 3. The van der Waals surface area contributed by atoms with Crippen LogP contribution in [0.25, 0.3) is 16.6 Å². The highest BCUT2D eigenvalue weighted by atomic mass is 19.4. The summed E-state index contributed by atoms with van der Waals surface area (Å²) in [6.45, 7) is 1.43. The Morgan fingerprint density at radius 1 is 0.891 bits per heavy atom. The molecule has 0 bridgehead atoms. The van der Waals surface area contributed by atoms with E-state index in [0.717, 1.165) is 18.3 Å². The topological polar surface area (TPSA) is 129 Å². The van der Waals surface area contributed by atoms with Crippen LogP contribution in [0.3, 0.4) is 0 Å². The van der Waals surface area contributed by atoms with Crippen LogP contribution in [0.1, 0.15) is 21.6 Å². The molecule has 5 aromatic rings. The Bertz CT molecular complexity index is 2030. The first kappa shape index (κ1) is 31.6. The van der Waals surface area contributed by atoms with Gasteiger partial charge < -0.3 is 24.8 Å². The number of hydrogen-bond acceptors (Lipinski definition) is 9.